The van der Waals surface area contributed by atoms with E-state index in [0.29, 0.717) is 0 Å². The first kappa shape index (κ1) is 21.3. The molecule has 2 aliphatic rings. The minimum atomic E-state index is 0.867. The summed E-state index contributed by atoms with van der Waals surface area (Å²) in [5.41, 5.74) is 0. The smallest absolute Gasteiger partial charge is 0.0494 e. The first-order valence-electron chi connectivity index (χ1n) is 11.9. The van der Waals surface area contributed by atoms with Crippen LogP contribution in [0.15, 0.2) is 0 Å². The number of hydrogen-bond acceptors (Lipinski definition) is 1. The Morgan fingerprint density at radius 3 is 1.56 bits per heavy atom. The summed E-state index contributed by atoms with van der Waals surface area (Å²) in [5, 5.41) is 0. The van der Waals surface area contributed by atoms with E-state index < -0.39 is 0 Å². The molecule has 0 unspecified atom stereocenters. The van der Waals surface area contributed by atoms with Crippen molar-refractivity contribution in [3.05, 3.63) is 0 Å². The molecule has 1 nitrogen and oxygen atoms in total. The molecule has 0 saturated heterocycles. The van der Waals surface area contributed by atoms with E-state index in [1.165, 1.54) is 103 Å². The Morgan fingerprint density at radius 1 is 0.560 bits per heavy atom. The number of ether oxygens (including phenoxy) is 1. The Balaban J connectivity index is 1.48. The van der Waals surface area contributed by atoms with Gasteiger partial charge in [-0.3, -0.25) is 0 Å². The van der Waals surface area contributed by atoms with Crippen molar-refractivity contribution >= 4 is 0 Å². The second-order valence-corrected chi connectivity index (χ2v) is 9.28. The molecule has 2 aliphatic carbocycles. The fraction of sp³-hybridized carbons (Fsp3) is 1.00. The van der Waals surface area contributed by atoms with Crippen LogP contribution in [0.5, 0.6) is 0 Å². The minimum absolute atomic E-state index is 0.867. The maximum absolute atomic E-state index is 5.85. The molecule has 0 aromatic heterocycles. The van der Waals surface area contributed by atoms with E-state index in [1.807, 2.05) is 0 Å². The molecule has 0 spiro atoms. The molecule has 0 aromatic carbocycles. The largest absolute Gasteiger partial charge is 0.381 e. The standard InChI is InChI=1S/C24H46O/c1-3-5-7-8-21-9-11-22(12-10-21)13-14-23-15-17-24(18-16-23)20-25-19-6-4-2/h21-24H,3-20H2,1-2H3. The predicted octanol–water partition coefficient (Wildman–Crippen LogP) is 7.78. The van der Waals surface area contributed by atoms with E-state index in [0.717, 1.165) is 36.9 Å². The Bertz CT molecular complexity index is 297. The second kappa shape index (κ2) is 13.2. The second-order valence-electron chi connectivity index (χ2n) is 9.28. The molecule has 2 saturated carbocycles. The topological polar surface area (TPSA) is 9.23 Å². The molecular formula is C24H46O. The zero-order valence-corrected chi connectivity index (χ0v) is 17.4. The summed E-state index contributed by atoms with van der Waals surface area (Å²) < 4.78 is 5.85. The first-order chi connectivity index (χ1) is 12.3. The summed E-state index contributed by atoms with van der Waals surface area (Å²) in [6.07, 6.45) is 23.4. The zero-order valence-electron chi connectivity index (χ0n) is 17.4. The van der Waals surface area contributed by atoms with Gasteiger partial charge in [-0.1, -0.05) is 97.3 Å². The minimum Gasteiger partial charge on any atom is -0.381 e. The quantitative estimate of drug-likeness (QED) is 0.326. The van der Waals surface area contributed by atoms with Crippen LogP contribution in [0.2, 0.25) is 0 Å². The highest BCUT2D eigenvalue weighted by atomic mass is 16.5. The van der Waals surface area contributed by atoms with Crippen LogP contribution in [0.3, 0.4) is 0 Å². The van der Waals surface area contributed by atoms with Crippen LogP contribution in [0.4, 0.5) is 0 Å². The lowest BCUT2D eigenvalue weighted by Crippen LogP contribution is -2.20. The van der Waals surface area contributed by atoms with Crippen molar-refractivity contribution < 1.29 is 4.74 Å². The van der Waals surface area contributed by atoms with E-state index in [2.05, 4.69) is 13.8 Å². The molecule has 2 rings (SSSR count). The molecule has 148 valence electrons. The maximum atomic E-state index is 5.85. The van der Waals surface area contributed by atoms with Gasteiger partial charge in [0.1, 0.15) is 0 Å². The summed E-state index contributed by atoms with van der Waals surface area (Å²) in [6, 6.07) is 0. The Labute approximate surface area is 158 Å². The zero-order chi connectivity index (χ0) is 17.7. The van der Waals surface area contributed by atoms with Crippen molar-refractivity contribution in [2.45, 2.75) is 117 Å². The van der Waals surface area contributed by atoms with E-state index in [4.69, 9.17) is 4.74 Å². The lowest BCUT2D eigenvalue weighted by molar-refractivity contribution is 0.0742. The van der Waals surface area contributed by atoms with E-state index in [-0.39, 0.29) is 0 Å². The molecule has 25 heavy (non-hydrogen) atoms. The Kier molecular flexibility index (Phi) is 11.2. The number of hydrogen-bond donors (Lipinski definition) is 0. The van der Waals surface area contributed by atoms with Gasteiger partial charge >= 0.3 is 0 Å². The van der Waals surface area contributed by atoms with Gasteiger partial charge in [0, 0.05) is 13.2 Å². The van der Waals surface area contributed by atoms with Crippen LogP contribution in [-0.4, -0.2) is 13.2 Å². The monoisotopic (exact) mass is 350 g/mol. The summed E-state index contributed by atoms with van der Waals surface area (Å²) >= 11 is 0. The van der Waals surface area contributed by atoms with Crippen LogP contribution in [0.1, 0.15) is 117 Å². The van der Waals surface area contributed by atoms with Gasteiger partial charge in [-0.2, -0.15) is 0 Å². The molecule has 0 heterocycles. The lowest BCUT2D eigenvalue weighted by Gasteiger charge is -2.32. The van der Waals surface area contributed by atoms with E-state index in [1.54, 1.807) is 0 Å². The van der Waals surface area contributed by atoms with Gasteiger partial charge in [-0.25, -0.2) is 0 Å². The SMILES string of the molecule is CCCCCC1CCC(CCC2CCC(COCCCC)CC2)CC1. The molecule has 0 aromatic rings. The van der Waals surface area contributed by atoms with Crippen LogP contribution in [0.25, 0.3) is 0 Å². The van der Waals surface area contributed by atoms with Crippen LogP contribution >= 0.6 is 0 Å². The van der Waals surface area contributed by atoms with Gasteiger partial charge < -0.3 is 4.74 Å². The molecular weight excluding hydrogens is 304 g/mol. The predicted molar refractivity (Wildman–Crippen MR) is 110 cm³/mol. The van der Waals surface area contributed by atoms with E-state index >= 15 is 0 Å². The van der Waals surface area contributed by atoms with Gasteiger partial charge in [0.15, 0.2) is 0 Å². The third-order valence-corrected chi connectivity index (χ3v) is 7.13. The normalized spacial score (nSPS) is 30.5. The van der Waals surface area contributed by atoms with Crippen molar-refractivity contribution in [2.24, 2.45) is 23.7 Å². The lowest BCUT2D eigenvalue weighted by atomic mass is 9.75. The van der Waals surface area contributed by atoms with Gasteiger partial charge in [-0.15, -0.1) is 0 Å². The highest BCUT2D eigenvalue weighted by Crippen LogP contribution is 2.37. The Morgan fingerprint density at radius 2 is 1.04 bits per heavy atom. The molecule has 0 amide bonds. The fourth-order valence-corrected chi connectivity index (χ4v) is 5.15. The number of unbranched alkanes of at least 4 members (excludes halogenated alkanes) is 3. The first-order valence-corrected chi connectivity index (χ1v) is 11.9. The van der Waals surface area contributed by atoms with Gasteiger partial charge in [0.2, 0.25) is 0 Å². The third kappa shape index (κ3) is 8.94. The molecule has 0 aliphatic heterocycles. The van der Waals surface area contributed by atoms with Crippen molar-refractivity contribution in [3.8, 4) is 0 Å². The molecule has 1 heteroatoms. The summed E-state index contributed by atoms with van der Waals surface area (Å²) in [7, 11) is 0. The average molecular weight is 351 g/mol. The number of rotatable bonds is 12. The van der Waals surface area contributed by atoms with Crippen LogP contribution in [-0.2, 0) is 4.74 Å². The molecule has 0 atom stereocenters. The fourth-order valence-electron chi connectivity index (χ4n) is 5.15. The Hall–Kier alpha value is -0.0400. The maximum Gasteiger partial charge on any atom is 0.0494 e. The summed E-state index contributed by atoms with van der Waals surface area (Å²) in [4.78, 5) is 0. The average Bonchev–Trinajstić information content (AvgIpc) is 2.66. The molecule has 0 radical (unpaired) electrons. The molecule has 2 fully saturated rings. The van der Waals surface area contributed by atoms with Crippen LogP contribution < -0.4 is 0 Å². The highest BCUT2D eigenvalue weighted by Gasteiger charge is 2.24. The van der Waals surface area contributed by atoms with Crippen molar-refractivity contribution in [1.29, 1.82) is 0 Å². The van der Waals surface area contributed by atoms with Gasteiger partial charge in [0.05, 0.1) is 0 Å². The van der Waals surface area contributed by atoms with Crippen molar-refractivity contribution in [1.82, 2.24) is 0 Å². The van der Waals surface area contributed by atoms with E-state index in [9.17, 15) is 0 Å². The van der Waals surface area contributed by atoms with Gasteiger partial charge in [0.25, 0.3) is 0 Å². The highest BCUT2D eigenvalue weighted by molar-refractivity contribution is 4.77. The van der Waals surface area contributed by atoms with Crippen LogP contribution in [0, 0.1) is 23.7 Å². The third-order valence-electron chi connectivity index (χ3n) is 7.13. The van der Waals surface area contributed by atoms with Crippen molar-refractivity contribution in [3.63, 3.8) is 0 Å². The molecule has 0 bridgehead atoms. The molecule has 0 N–H and O–H groups in total. The van der Waals surface area contributed by atoms with Crippen molar-refractivity contribution in [2.75, 3.05) is 13.2 Å². The van der Waals surface area contributed by atoms with Gasteiger partial charge in [-0.05, 0) is 42.9 Å². The summed E-state index contributed by atoms with van der Waals surface area (Å²) in [5.74, 6) is 4.05. The summed E-state index contributed by atoms with van der Waals surface area (Å²) in [6.45, 7) is 6.59.